The van der Waals surface area contributed by atoms with E-state index in [1.807, 2.05) is 30.3 Å². The Labute approximate surface area is 96.9 Å². The van der Waals surface area contributed by atoms with Gasteiger partial charge in [-0.3, -0.25) is 9.78 Å². The maximum Gasteiger partial charge on any atom is 0.213 e. The third-order valence-electron chi connectivity index (χ3n) is 2.89. The van der Waals surface area contributed by atoms with Crippen molar-refractivity contribution in [3.63, 3.8) is 0 Å². The molecule has 0 saturated carbocycles. The van der Waals surface area contributed by atoms with Gasteiger partial charge in [0, 0.05) is 6.42 Å². The molecule has 3 rings (SSSR count). The zero-order valence-electron chi connectivity index (χ0n) is 8.43. The lowest BCUT2D eigenvalue weighted by Crippen LogP contribution is -2.06. The van der Waals surface area contributed by atoms with Crippen LogP contribution in [0.4, 0.5) is 4.39 Å². The predicted molar refractivity (Wildman–Crippen MR) is 60.5 cm³/mol. The van der Waals surface area contributed by atoms with Gasteiger partial charge in [-0.1, -0.05) is 30.3 Å². The molecule has 0 radical (unpaired) electrons. The van der Waals surface area contributed by atoms with Crippen LogP contribution in [-0.4, -0.2) is 14.8 Å². The van der Waals surface area contributed by atoms with Crippen LogP contribution in [-0.2, 0) is 0 Å². The Morgan fingerprint density at radius 3 is 2.88 bits per heavy atom. The summed E-state index contributed by atoms with van der Waals surface area (Å²) in [6.45, 7) is 0. The molecule has 2 atom stereocenters. The number of hydrogen-bond acceptors (Lipinski definition) is 2. The number of halogens is 1. The summed E-state index contributed by atoms with van der Waals surface area (Å²) in [6.07, 6.45) is -0.600. The number of nitrogens with zero attached hydrogens (tertiary/aromatic N) is 2. The van der Waals surface area contributed by atoms with Crippen molar-refractivity contribution in [2.75, 3.05) is 0 Å². The number of alkyl halides is 1. The van der Waals surface area contributed by atoms with E-state index in [1.54, 1.807) is 4.68 Å². The monoisotopic (exact) mass is 235 g/mol. The van der Waals surface area contributed by atoms with Gasteiger partial charge in [0.1, 0.15) is 0 Å². The molecule has 2 aromatic rings. The summed E-state index contributed by atoms with van der Waals surface area (Å²) in [6, 6.07) is 9.81. The Bertz CT molecular complexity index is 560. The molecule has 1 aromatic carbocycles. The van der Waals surface area contributed by atoms with Crippen LogP contribution in [0.15, 0.2) is 30.3 Å². The molecule has 5 heteroatoms. The SMILES string of the molecule is FC1CC(c2ccccc2)n2[nH]c(=S)nc21. The van der Waals surface area contributed by atoms with Crippen molar-refractivity contribution < 1.29 is 4.39 Å². The van der Waals surface area contributed by atoms with Crippen molar-refractivity contribution >= 4 is 12.2 Å². The Morgan fingerprint density at radius 2 is 2.12 bits per heavy atom. The second-order valence-electron chi connectivity index (χ2n) is 3.89. The van der Waals surface area contributed by atoms with E-state index in [0.29, 0.717) is 17.0 Å². The van der Waals surface area contributed by atoms with Gasteiger partial charge in [0.05, 0.1) is 6.04 Å². The van der Waals surface area contributed by atoms with Gasteiger partial charge in [-0.25, -0.2) is 9.37 Å². The molecule has 1 aromatic heterocycles. The minimum absolute atomic E-state index is 0.0181. The Hall–Kier alpha value is -1.49. The molecule has 3 nitrogen and oxygen atoms in total. The van der Waals surface area contributed by atoms with E-state index in [9.17, 15) is 4.39 Å². The average molecular weight is 235 g/mol. The van der Waals surface area contributed by atoms with E-state index in [1.165, 1.54) is 0 Å². The molecule has 0 bridgehead atoms. The van der Waals surface area contributed by atoms with Gasteiger partial charge in [-0.2, -0.15) is 0 Å². The number of H-pyrrole nitrogens is 1. The zero-order valence-corrected chi connectivity index (χ0v) is 9.25. The highest BCUT2D eigenvalue weighted by Gasteiger charge is 2.33. The quantitative estimate of drug-likeness (QED) is 0.771. The summed E-state index contributed by atoms with van der Waals surface area (Å²) in [5, 5.41) is 2.92. The van der Waals surface area contributed by atoms with Crippen LogP contribution in [0.3, 0.4) is 0 Å². The van der Waals surface area contributed by atoms with Gasteiger partial charge >= 0.3 is 0 Å². The normalized spacial score (nSPS) is 23.3. The standard InChI is InChI=1S/C11H10FN3S/c12-8-6-9(7-4-2-1-3-5-7)15-10(8)13-11(16)14-15/h1-5,8-9H,6H2,(H,14,16). The fraction of sp³-hybridized carbons (Fsp3) is 0.273. The third kappa shape index (κ3) is 1.39. The van der Waals surface area contributed by atoms with Gasteiger partial charge in [-0.05, 0) is 17.8 Å². The minimum atomic E-state index is -1.03. The number of nitrogens with one attached hydrogen (secondary N) is 1. The van der Waals surface area contributed by atoms with Crippen LogP contribution in [0.5, 0.6) is 0 Å². The van der Waals surface area contributed by atoms with Crippen molar-refractivity contribution in [3.8, 4) is 0 Å². The fourth-order valence-electron chi connectivity index (χ4n) is 2.17. The lowest BCUT2D eigenvalue weighted by Gasteiger charge is -2.11. The van der Waals surface area contributed by atoms with Gasteiger partial charge < -0.3 is 0 Å². The van der Waals surface area contributed by atoms with E-state index in [-0.39, 0.29) is 6.04 Å². The second kappa shape index (κ2) is 3.52. The number of rotatable bonds is 1. The van der Waals surface area contributed by atoms with Crippen LogP contribution in [0.2, 0.25) is 0 Å². The van der Waals surface area contributed by atoms with E-state index in [0.717, 1.165) is 5.56 Å². The Kier molecular flexibility index (Phi) is 2.14. The molecule has 0 saturated heterocycles. The molecule has 1 aliphatic rings. The van der Waals surface area contributed by atoms with E-state index >= 15 is 0 Å². The summed E-state index contributed by atoms with van der Waals surface area (Å²) in [5.41, 5.74) is 1.08. The highest BCUT2D eigenvalue weighted by Crippen LogP contribution is 2.38. The van der Waals surface area contributed by atoms with Crippen molar-refractivity contribution in [3.05, 3.63) is 46.5 Å². The summed E-state index contributed by atoms with van der Waals surface area (Å²) < 4.78 is 15.8. The summed E-state index contributed by atoms with van der Waals surface area (Å²) in [5.74, 6) is 0.416. The summed E-state index contributed by atoms with van der Waals surface area (Å²) in [4.78, 5) is 4.00. The molecule has 1 N–H and O–H groups in total. The average Bonchev–Trinajstić information content (AvgIpc) is 2.80. The van der Waals surface area contributed by atoms with Gasteiger partial charge in [0.15, 0.2) is 12.0 Å². The molecule has 1 aliphatic heterocycles. The number of fused-ring (bicyclic) bond motifs is 1. The number of aromatic nitrogens is 3. The first kappa shape index (κ1) is 9.72. The first-order valence-corrected chi connectivity index (χ1v) is 5.54. The zero-order chi connectivity index (χ0) is 11.1. The minimum Gasteiger partial charge on any atom is -0.270 e. The van der Waals surface area contributed by atoms with Crippen LogP contribution in [0.1, 0.15) is 30.0 Å². The fourth-order valence-corrected chi connectivity index (χ4v) is 2.36. The molecule has 2 unspecified atom stereocenters. The first-order chi connectivity index (χ1) is 7.75. The van der Waals surface area contributed by atoms with Crippen LogP contribution in [0, 0.1) is 4.77 Å². The van der Waals surface area contributed by atoms with Gasteiger partial charge in [-0.15, -0.1) is 0 Å². The largest absolute Gasteiger partial charge is 0.270 e. The molecular formula is C11H10FN3S. The molecular weight excluding hydrogens is 225 g/mol. The lowest BCUT2D eigenvalue weighted by molar-refractivity contribution is 0.328. The summed E-state index contributed by atoms with van der Waals surface area (Å²) >= 11 is 4.92. The maximum absolute atomic E-state index is 13.7. The van der Waals surface area contributed by atoms with Gasteiger partial charge in [0.2, 0.25) is 4.77 Å². The number of aromatic amines is 1. The molecule has 16 heavy (non-hydrogen) atoms. The highest BCUT2D eigenvalue weighted by molar-refractivity contribution is 7.71. The van der Waals surface area contributed by atoms with E-state index in [2.05, 4.69) is 10.1 Å². The van der Waals surface area contributed by atoms with Gasteiger partial charge in [0.25, 0.3) is 0 Å². The predicted octanol–water partition coefficient (Wildman–Crippen LogP) is 2.94. The Balaban J connectivity index is 2.10. The first-order valence-electron chi connectivity index (χ1n) is 5.13. The van der Waals surface area contributed by atoms with Crippen molar-refractivity contribution in [1.29, 1.82) is 0 Å². The number of benzene rings is 1. The molecule has 0 fully saturated rings. The molecule has 0 spiro atoms. The van der Waals surface area contributed by atoms with E-state index in [4.69, 9.17) is 12.2 Å². The molecule has 0 aliphatic carbocycles. The molecule has 0 amide bonds. The maximum atomic E-state index is 13.7. The Morgan fingerprint density at radius 1 is 1.38 bits per heavy atom. The molecule has 2 heterocycles. The second-order valence-corrected chi connectivity index (χ2v) is 4.27. The summed E-state index contributed by atoms with van der Waals surface area (Å²) in [7, 11) is 0. The number of hydrogen-bond donors (Lipinski definition) is 1. The van der Waals surface area contributed by atoms with E-state index < -0.39 is 6.17 Å². The lowest BCUT2D eigenvalue weighted by atomic mass is 10.0. The molecule has 82 valence electrons. The van der Waals surface area contributed by atoms with Crippen molar-refractivity contribution in [2.24, 2.45) is 0 Å². The smallest absolute Gasteiger partial charge is 0.213 e. The van der Waals surface area contributed by atoms with Crippen molar-refractivity contribution in [2.45, 2.75) is 18.6 Å². The van der Waals surface area contributed by atoms with Crippen LogP contribution >= 0.6 is 12.2 Å². The topological polar surface area (TPSA) is 33.6 Å². The van der Waals surface area contributed by atoms with Crippen molar-refractivity contribution in [1.82, 2.24) is 14.8 Å². The van der Waals surface area contributed by atoms with Crippen LogP contribution < -0.4 is 0 Å². The van der Waals surface area contributed by atoms with Crippen LogP contribution in [0.25, 0.3) is 0 Å². The highest BCUT2D eigenvalue weighted by atomic mass is 32.1. The third-order valence-corrected chi connectivity index (χ3v) is 3.07.